The van der Waals surface area contributed by atoms with Gasteiger partial charge in [-0.1, -0.05) is 11.6 Å². The van der Waals surface area contributed by atoms with E-state index < -0.39 is 0 Å². The monoisotopic (exact) mass is 310 g/mol. The van der Waals surface area contributed by atoms with Gasteiger partial charge in [0.15, 0.2) is 11.5 Å². The summed E-state index contributed by atoms with van der Waals surface area (Å²) in [5, 5.41) is 0.605. The summed E-state index contributed by atoms with van der Waals surface area (Å²) in [5.41, 5.74) is 7.13. The van der Waals surface area contributed by atoms with Crippen molar-refractivity contribution in [2.45, 2.75) is 31.8 Å². The van der Waals surface area contributed by atoms with E-state index in [1.165, 1.54) is 12.8 Å². The van der Waals surface area contributed by atoms with Gasteiger partial charge in [0.2, 0.25) is 0 Å². The third kappa shape index (κ3) is 2.98. The summed E-state index contributed by atoms with van der Waals surface area (Å²) in [6.07, 6.45) is 2.65. The Hall–Kier alpha value is -0.970. The third-order valence-corrected chi connectivity index (χ3v) is 4.95. The molecule has 1 aliphatic heterocycles. The molecular formula is C16H23ClN2O2. The van der Waals surface area contributed by atoms with Crippen LogP contribution in [0.4, 0.5) is 0 Å². The molecule has 21 heavy (non-hydrogen) atoms. The predicted octanol–water partition coefficient (Wildman–Crippen LogP) is 2.84. The van der Waals surface area contributed by atoms with E-state index in [0.29, 0.717) is 36.6 Å². The molecule has 116 valence electrons. The molecule has 1 fully saturated rings. The van der Waals surface area contributed by atoms with Crippen molar-refractivity contribution in [3.8, 4) is 11.5 Å². The molecule has 2 N–H and O–H groups in total. The molecule has 0 amide bonds. The van der Waals surface area contributed by atoms with Crippen LogP contribution in [0.2, 0.25) is 5.02 Å². The topological polar surface area (TPSA) is 47.7 Å². The van der Waals surface area contributed by atoms with Crippen LogP contribution < -0.4 is 15.2 Å². The highest BCUT2D eigenvalue weighted by Crippen LogP contribution is 2.42. The number of fused-ring (bicyclic) bond motifs is 1. The Morgan fingerprint density at radius 3 is 2.71 bits per heavy atom. The SMILES string of the molecule is CC(C1CC1)N(C)C(CN)c1cc(Cl)c2c(c1)OCCO2. The summed E-state index contributed by atoms with van der Waals surface area (Å²) < 4.78 is 11.2. The van der Waals surface area contributed by atoms with Gasteiger partial charge in [-0.2, -0.15) is 0 Å². The maximum Gasteiger partial charge on any atom is 0.179 e. The highest BCUT2D eigenvalue weighted by atomic mass is 35.5. The van der Waals surface area contributed by atoms with Gasteiger partial charge in [0.05, 0.1) is 5.02 Å². The Kier molecular flexibility index (Phi) is 4.29. The van der Waals surface area contributed by atoms with Crippen molar-refractivity contribution < 1.29 is 9.47 Å². The standard InChI is InChI=1S/C16H23ClN2O2/c1-10(11-3-4-11)19(2)14(9-18)12-7-13(17)16-15(8-12)20-5-6-21-16/h7-8,10-11,14H,3-6,9,18H2,1-2H3. The first-order valence-corrected chi connectivity index (χ1v) is 8.00. The normalized spacial score (nSPS) is 20.4. The Balaban J connectivity index is 1.87. The van der Waals surface area contributed by atoms with Gasteiger partial charge in [0, 0.05) is 18.6 Å². The maximum absolute atomic E-state index is 6.34. The molecule has 1 saturated carbocycles. The number of rotatable bonds is 5. The van der Waals surface area contributed by atoms with Crippen LogP contribution >= 0.6 is 11.6 Å². The number of nitrogens with zero attached hydrogens (tertiary/aromatic N) is 1. The van der Waals surface area contributed by atoms with Gasteiger partial charge in [-0.15, -0.1) is 0 Å². The second kappa shape index (κ2) is 6.03. The molecule has 0 radical (unpaired) electrons. The molecule has 2 aliphatic rings. The largest absolute Gasteiger partial charge is 0.486 e. The van der Waals surface area contributed by atoms with E-state index in [1.54, 1.807) is 0 Å². The molecule has 1 heterocycles. The number of hydrogen-bond donors (Lipinski definition) is 1. The minimum Gasteiger partial charge on any atom is -0.486 e. The van der Waals surface area contributed by atoms with E-state index >= 15 is 0 Å². The molecule has 2 unspecified atom stereocenters. The lowest BCUT2D eigenvalue weighted by atomic mass is 10.0. The Morgan fingerprint density at radius 2 is 2.05 bits per heavy atom. The average Bonchev–Trinajstić information content (AvgIpc) is 3.32. The van der Waals surface area contributed by atoms with Crippen molar-refractivity contribution in [3.05, 3.63) is 22.7 Å². The summed E-state index contributed by atoms with van der Waals surface area (Å²) in [6.45, 7) is 3.95. The van der Waals surface area contributed by atoms with Crippen molar-refractivity contribution in [2.75, 3.05) is 26.8 Å². The van der Waals surface area contributed by atoms with Gasteiger partial charge in [-0.05, 0) is 50.4 Å². The van der Waals surface area contributed by atoms with E-state index in [9.17, 15) is 0 Å². The molecule has 2 atom stereocenters. The number of hydrogen-bond acceptors (Lipinski definition) is 4. The second-order valence-electron chi connectivity index (χ2n) is 6.02. The van der Waals surface area contributed by atoms with Crippen molar-refractivity contribution in [2.24, 2.45) is 11.7 Å². The zero-order valence-corrected chi connectivity index (χ0v) is 13.4. The first-order chi connectivity index (χ1) is 10.1. The molecule has 0 spiro atoms. The number of ether oxygens (including phenoxy) is 2. The number of likely N-dealkylation sites (N-methyl/N-ethyl adjacent to an activating group) is 1. The van der Waals surface area contributed by atoms with Crippen molar-refractivity contribution >= 4 is 11.6 Å². The lowest BCUT2D eigenvalue weighted by Gasteiger charge is -2.33. The van der Waals surface area contributed by atoms with Gasteiger partial charge in [-0.3, -0.25) is 4.90 Å². The number of benzene rings is 1. The van der Waals surface area contributed by atoms with Crippen LogP contribution in [0.25, 0.3) is 0 Å². The minimum absolute atomic E-state index is 0.147. The highest BCUT2D eigenvalue weighted by molar-refractivity contribution is 6.32. The molecule has 3 rings (SSSR count). The second-order valence-corrected chi connectivity index (χ2v) is 6.43. The Bertz CT molecular complexity index is 519. The molecule has 1 aromatic carbocycles. The average molecular weight is 311 g/mol. The van der Waals surface area contributed by atoms with Gasteiger partial charge < -0.3 is 15.2 Å². The van der Waals surface area contributed by atoms with Crippen LogP contribution in [0, 0.1) is 5.92 Å². The van der Waals surface area contributed by atoms with Crippen LogP contribution in [0.1, 0.15) is 31.4 Å². The molecule has 1 aliphatic carbocycles. The lowest BCUT2D eigenvalue weighted by Crippen LogP contribution is -2.38. The first kappa shape index (κ1) is 14.9. The molecule has 4 nitrogen and oxygen atoms in total. The third-order valence-electron chi connectivity index (χ3n) is 4.67. The quantitative estimate of drug-likeness (QED) is 0.908. The summed E-state index contributed by atoms with van der Waals surface area (Å²) >= 11 is 6.34. The fourth-order valence-electron chi connectivity index (χ4n) is 3.06. The van der Waals surface area contributed by atoms with Crippen molar-refractivity contribution in [1.82, 2.24) is 4.90 Å². The van der Waals surface area contributed by atoms with Crippen molar-refractivity contribution in [3.63, 3.8) is 0 Å². The van der Waals surface area contributed by atoms with Crippen molar-refractivity contribution in [1.29, 1.82) is 0 Å². The van der Waals surface area contributed by atoms with E-state index in [1.807, 2.05) is 12.1 Å². The minimum atomic E-state index is 0.147. The van der Waals surface area contributed by atoms with Gasteiger partial charge in [0.25, 0.3) is 0 Å². The van der Waals surface area contributed by atoms with Gasteiger partial charge >= 0.3 is 0 Å². The fraction of sp³-hybridized carbons (Fsp3) is 0.625. The number of nitrogens with two attached hydrogens (primary N) is 1. The Labute approximate surface area is 131 Å². The Morgan fingerprint density at radius 1 is 1.33 bits per heavy atom. The van der Waals surface area contributed by atoms with E-state index in [4.69, 9.17) is 26.8 Å². The van der Waals surface area contributed by atoms with Crippen LogP contribution in [-0.4, -0.2) is 37.7 Å². The molecule has 0 bridgehead atoms. The highest BCUT2D eigenvalue weighted by Gasteiger charge is 2.33. The lowest BCUT2D eigenvalue weighted by molar-refractivity contribution is 0.163. The zero-order valence-electron chi connectivity index (χ0n) is 12.6. The van der Waals surface area contributed by atoms with E-state index in [0.717, 1.165) is 17.2 Å². The molecule has 5 heteroatoms. The summed E-state index contributed by atoms with van der Waals surface area (Å²) in [5.74, 6) is 2.19. The first-order valence-electron chi connectivity index (χ1n) is 7.63. The predicted molar refractivity (Wildman–Crippen MR) is 84.2 cm³/mol. The fourth-order valence-corrected chi connectivity index (χ4v) is 3.33. The van der Waals surface area contributed by atoms with Crippen LogP contribution in [0.3, 0.4) is 0 Å². The smallest absolute Gasteiger partial charge is 0.179 e. The summed E-state index contributed by atoms with van der Waals surface area (Å²) in [6, 6.07) is 4.66. The van der Waals surface area contributed by atoms with Gasteiger partial charge in [0.1, 0.15) is 13.2 Å². The van der Waals surface area contributed by atoms with Gasteiger partial charge in [-0.25, -0.2) is 0 Å². The zero-order chi connectivity index (χ0) is 15.0. The molecule has 1 aromatic rings. The van der Waals surface area contributed by atoms with Crippen LogP contribution in [-0.2, 0) is 0 Å². The van der Waals surface area contributed by atoms with Crippen LogP contribution in [0.5, 0.6) is 11.5 Å². The van der Waals surface area contributed by atoms with E-state index in [2.05, 4.69) is 18.9 Å². The van der Waals surface area contributed by atoms with Crippen LogP contribution in [0.15, 0.2) is 12.1 Å². The number of halogens is 1. The van der Waals surface area contributed by atoms with E-state index in [-0.39, 0.29) is 6.04 Å². The maximum atomic E-state index is 6.34. The summed E-state index contributed by atoms with van der Waals surface area (Å²) in [7, 11) is 2.14. The molecular weight excluding hydrogens is 288 g/mol. The molecule has 0 saturated heterocycles. The summed E-state index contributed by atoms with van der Waals surface area (Å²) in [4.78, 5) is 2.36. The molecule has 0 aromatic heterocycles.